The van der Waals surface area contributed by atoms with Gasteiger partial charge in [0.25, 0.3) is 0 Å². The number of hydrogen-bond donors (Lipinski definition) is 1. The summed E-state index contributed by atoms with van der Waals surface area (Å²) < 4.78 is 5.13. The van der Waals surface area contributed by atoms with Crippen LogP contribution in [0.4, 0.5) is 5.69 Å². The number of aromatic nitrogens is 2. The molecule has 0 aliphatic carbocycles. The fourth-order valence-corrected chi connectivity index (χ4v) is 2.73. The molecule has 0 fully saturated rings. The van der Waals surface area contributed by atoms with Crippen LogP contribution in [0.1, 0.15) is 63.5 Å². The number of aliphatic imine (C=N–C) groups is 1. The van der Waals surface area contributed by atoms with Crippen LogP contribution in [-0.2, 0) is 11.2 Å². The van der Waals surface area contributed by atoms with Gasteiger partial charge in [0.2, 0.25) is 0 Å². The Morgan fingerprint density at radius 3 is 2.41 bits per heavy atom. The van der Waals surface area contributed by atoms with Crippen LogP contribution in [0.15, 0.2) is 29.3 Å². The molecule has 1 aromatic heterocycles. The van der Waals surface area contributed by atoms with Gasteiger partial charge in [-0.05, 0) is 57.6 Å². The average Bonchev–Trinajstić information content (AvgIpc) is 2.73. The zero-order valence-electron chi connectivity index (χ0n) is 18.7. The maximum Gasteiger partial charge on any atom is 0.126 e. The van der Waals surface area contributed by atoms with E-state index in [9.17, 15) is 0 Å². The third-order valence-electron chi connectivity index (χ3n) is 4.19. The van der Waals surface area contributed by atoms with Gasteiger partial charge in [-0.3, -0.25) is 4.99 Å². The number of aryl methyl sites for hydroxylation is 3. The zero-order valence-corrected chi connectivity index (χ0v) is 18.7. The topological polar surface area (TPSA) is 67.6 Å². The number of aliphatic hydroxyl groups is 1. The summed E-state index contributed by atoms with van der Waals surface area (Å²) in [6, 6.07) is 8.40. The Kier molecular flexibility index (Phi) is 12.7. The molecule has 0 unspecified atom stereocenters. The lowest BCUT2D eigenvalue weighted by Crippen LogP contribution is -1.97. The van der Waals surface area contributed by atoms with Crippen LogP contribution in [0.3, 0.4) is 0 Å². The van der Waals surface area contributed by atoms with Gasteiger partial charge in [0.1, 0.15) is 11.5 Å². The molecule has 0 radical (unpaired) electrons. The molecule has 1 N–H and O–H groups in total. The summed E-state index contributed by atoms with van der Waals surface area (Å²) in [5.41, 5.74) is 4.92. The van der Waals surface area contributed by atoms with E-state index in [0.717, 1.165) is 73.8 Å². The third-order valence-corrected chi connectivity index (χ3v) is 4.19. The molecule has 0 saturated carbocycles. The van der Waals surface area contributed by atoms with Gasteiger partial charge in [0.15, 0.2) is 0 Å². The third kappa shape index (κ3) is 9.29. The minimum absolute atomic E-state index is 0.181. The van der Waals surface area contributed by atoms with Crippen molar-refractivity contribution < 1.29 is 9.84 Å². The Labute approximate surface area is 176 Å². The Balaban J connectivity index is 0.000000516. The van der Waals surface area contributed by atoms with E-state index in [4.69, 9.17) is 9.84 Å². The summed E-state index contributed by atoms with van der Waals surface area (Å²) in [6.07, 6.45) is 6.57. The van der Waals surface area contributed by atoms with Crippen LogP contribution >= 0.6 is 0 Å². The molecule has 2 aromatic rings. The average molecular weight is 400 g/mol. The molecule has 0 saturated heterocycles. The number of benzene rings is 1. The number of unbranched alkanes of at least 4 members (excludes halogenated alkanes) is 1. The van der Waals surface area contributed by atoms with Crippen molar-refractivity contribution in [3.63, 3.8) is 0 Å². The van der Waals surface area contributed by atoms with E-state index in [1.807, 2.05) is 20.1 Å². The second kappa shape index (κ2) is 14.8. The molecule has 29 heavy (non-hydrogen) atoms. The lowest BCUT2D eigenvalue weighted by molar-refractivity contribution is 0.135. The lowest BCUT2D eigenvalue weighted by atomic mass is 10.0. The van der Waals surface area contributed by atoms with Crippen molar-refractivity contribution in [2.75, 3.05) is 19.8 Å². The SMILES string of the molecule is CCCOCCC.CCc1cccc(-c2nc(C)nc(C)c2N=CCCCO)c1. The summed E-state index contributed by atoms with van der Waals surface area (Å²) in [7, 11) is 0. The maximum atomic E-state index is 8.86. The summed E-state index contributed by atoms with van der Waals surface area (Å²) in [6.45, 7) is 12.3. The molecule has 2 rings (SSSR count). The highest BCUT2D eigenvalue weighted by atomic mass is 16.5. The molecular weight excluding hydrogens is 362 g/mol. The molecule has 0 amide bonds. The molecular formula is C24H37N3O2. The predicted octanol–water partition coefficient (Wildman–Crippen LogP) is 5.62. The highest BCUT2D eigenvalue weighted by Crippen LogP contribution is 2.31. The molecule has 1 heterocycles. The van der Waals surface area contributed by atoms with Crippen molar-refractivity contribution >= 4 is 11.9 Å². The van der Waals surface area contributed by atoms with Crippen LogP contribution in [0, 0.1) is 13.8 Å². The fourth-order valence-electron chi connectivity index (χ4n) is 2.73. The van der Waals surface area contributed by atoms with Crippen molar-refractivity contribution in [1.29, 1.82) is 0 Å². The number of hydrogen-bond acceptors (Lipinski definition) is 5. The molecule has 0 aliphatic heterocycles. The normalized spacial score (nSPS) is 10.8. The second-order valence-electron chi connectivity index (χ2n) is 6.90. The fraction of sp³-hybridized carbons (Fsp3) is 0.542. The predicted molar refractivity (Wildman–Crippen MR) is 122 cm³/mol. The number of rotatable bonds is 10. The Morgan fingerprint density at radius 1 is 1.07 bits per heavy atom. The van der Waals surface area contributed by atoms with Crippen LogP contribution in [0.25, 0.3) is 11.3 Å². The molecule has 160 valence electrons. The summed E-state index contributed by atoms with van der Waals surface area (Å²) in [4.78, 5) is 13.6. The summed E-state index contributed by atoms with van der Waals surface area (Å²) in [5, 5.41) is 8.86. The molecule has 5 heteroatoms. The van der Waals surface area contributed by atoms with E-state index in [2.05, 4.69) is 60.0 Å². The molecule has 1 aromatic carbocycles. The minimum Gasteiger partial charge on any atom is -0.396 e. The number of nitrogens with zero attached hydrogens (tertiary/aromatic N) is 3. The maximum absolute atomic E-state index is 8.86. The van der Waals surface area contributed by atoms with E-state index < -0.39 is 0 Å². The first kappa shape index (κ1) is 24.9. The van der Waals surface area contributed by atoms with Gasteiger partial charge in [-0.15, -0.1) is 0 Å². The largest absolute Gasteiger partial charge is 0.396 e. The minimum atomic E-state index is 0.181. The van der Waals surface area contributed by atoms with Gasteiger partial charge >= 0.3 is 0 Å². The molecule has 0 aliphatic rings. The van der Waals surface area contributed by atoms with E-state index in [1.165, 1.54) is 5.56 Å². The number of aliphatic hydroxyl groups excluding tert-OH is 1. The smallest absolute Gasteiger partial charge is 0.126 e. The monoisotopic (exact) mass is 399 g/mol. The Hall–Kier alpha value is -2.11. The van der Waals surface area contributed by atoms with Gasteiger partial charge in [-0.25, -0.2) is 9.97 Å². The van der Waals surface area contributed by atoms with E-state index >= 15 is 0 Å². The standard InChI is InChI=1S/C18H23N3O.C6H14O/c1-4-15-8-7-9-16(12-15)18-17(19-10-5-6-11-22)13(2)20-14(3)21-18;1-3-5-7-6-4-2/h7-10,12,22H,4-6,11H2,1-3H3;3-6H2,1-2H3. The van der Waals surface area contributed by atoms with Gasteiger partial charge < -0.3 is 9.84 Å². The molecule has 0 spiro atoms. The first-order valence-corrected chi connectivity index (χ1v) is 10.7. The molecule has 0 atom stereocenters. The van der Waals surface area contributed by atoms with Crippen LogP contribution < -0.4 is 0 Å². The second-order valence-corrected chi connectivity index (χ2v) is 6.90. The van der Waals surface area contributed by atoms with Gasteiger partial charge in [-0.2, -0.15) is 0 Å². The van der Waals surface area contributed by atoms with Crippen molar-refractivity contribution in [2.45, 2.75) is 66.7 Å². The summed E-state index contributed by atoms with van der Waals surface area (Å²) in [5.74, 6) is 0.753. The highest BCUT2D eigenvalue weighted by Gasteiger charge is 2.11. The number of ether oxygens (including phenoxy) is 1. The van der Waals surface area contributed by atoms with Gasteiger partial charge in [-0.1, -0.05) is 39.0 Å². The zero-order chi connectivity index (χ0) is 21.5. The summed E-state index contributed by atoms with van der Waals surface area (Å²) >= 11 is 0. The van der Waals surface area contributed by atoms with Gasteiger partial charge in [0, 0.05) is 31.6 Å². The molecule has 0 bridgehead atoms. The van der Waals surface area contributed by atoms with Crippen LogP contribution in [-0.4, -0.2) is 41.1 Å². The van der Waals surface area contributed by atoms with Gasteiger partial charge in [0.05, 0.1) is 11.4 Å². The van der Waals surface area contributed by atoms with E-state index in [0.29, 0.717) is 0 Å². The van der Waals surface area contributed by atoms with E-state index in [-0.39, 0.29) is 6.61 Å². The van der Waals surface area contributed by atoms with Crippen LogP contribution in [0.2, 0.25) is 0 Å². The quantitative estimate of drug-likeness (QED) is 0.416. The van der Waals surface area contributed by atoms with Crippen molar-refractivity contribution in [3.8, 4) is 11.3 Å². The highest BCUT2D eigenvalue weighted by molar-refractivity contribution is 5.77. The van der Waals surface area contributed by atoms with Crippen LogP contribution in [0.5, 0.6) is 0 Å². The van der Waals surface area contributed by atoms with E-state index in [1.54, 1.807) is 0 Å². The first-order valence-electron chi connectivity index (χ1n) is 10.7. The lowest BCUT2D eigenvalue weighted by Gasteiger charge is -2.10. The Bertz CT molecular complexity index is 741. The van der Waals surface area contributed by atoms with Crippen molar-refractivity contribution in [3.05, 3.63) is 41.3 Å². The Morgan fingerprint density at radius 2 is 1.79 bits per heavy atom. The van der Waals surface area contributed by atoms with Crippen molar-refractivity contribution in [1.82, 2.24) is 9.97 Å². The first-order chi connectivity index (χ1) is 14.1. The molecule has 5 nitrogen and oxygen atoms in total. The van der Waals surface area contributed by atoms with Crippen molar-refractivity contribution in [2.24, 2.45) is 4.99 Å².